The van der Waals surface area contributed by atoms with Gasteiger partial charge in [0.2, 0.25) is 0 Å². The van der Waals surface area contributed by atoms with Gasteiger partial charge >= 0.3 is 6.18 Å². The minimum atomic E-state index is -4.38. The Hall–Kier alpha value is -2.29. The first-order valence-corrected chi connectivity index (χ1v) is 8.55. The molecule has 26 heavy (non-hydrogen) atoms. The Labute approximate surface area is 159 Å². The van der Waals surface area contributed by atoms with Gasteiger partial charge in [0.15, 0.2) is 17.0 Å². The molecule has 1 heterocycles. The molecule has 0 atom stereocenters. The molecule has 0 fully saturated rings. The molecule has 0 bridgehead atoms. The first kappa shape index (κ1) is 17.1. The Kier molecular flexibility index (Phi) is 4.06. The van der Waals surface area contributed by atoms with E-state index in [4.69, 9.17) is 4.42 Å². The minimum Gasteiger partial charge on any atom is -0.451 e. The zero-order valence-corrected chi connectivity index (χ0v) is 15.2. The van der Waals surface area contributed by atoms with Gasteiger partial charge in [0.05, 0.1) is 39.8 Å². The number of nitrogens with zero attached hydrogens (tertiary/aromatic N) is 1. The van der Waals surface area contributed by atoms with Crippen LogP contribution in [0.25, 0.3) is 21.9 Å². The molecular weight excluding hydrogens is 461 g/mol. The highest BCUT2D eigenvalue weighted by atomic mass is 127. The predicted molar refractivity (Wildman–Crippen MR) is 101 cm³/mol. The van der Waals surface area contributed by atoms with Gasteiger partial charge in [-0.1, -0.05) is 24.3 Å². The highest BCUT2D eigenvalue weighted by molar-refractivity contribution is 14.1. The van der Waals surface area contributed by atoms with Gasteiger partial charge in [0.1, 0.15) is 0 Å². The van der Waals surface area contributed by atoms with Crippen LogP contribution in [0.15, 0.2) is 65.1 Å². The molecule has 0 aliphatic rings. The summed E-state index contributed by atoms with van der Waals surface area (Å²) in [5.74, 6) is -0.459. The van der Waals surface area contributed by atoms with Crippen molar-refractivity contribution in [3.05, 3.63) is 72.0 Å². The Balaban J connectivity index is 1.83. The maximum atomic E-state index is 14.0. The fraction of sp³-hybridized carbons (Fsp3) is 0.0526. The summed E-state index contributed by atoms with van der Waals surface area (Å²) >= 11 is 1.99. The molecule has 0 amide bonds. The highest BCUT2D eigenvalue weighted by Gasteiger charge is 2.30. The van der Waals surface area contributed by atoms with E-state index in [1.54, 1.807) is 27.4 Å². The highest BCUT2D eigenvalue weighted by Crippen LogP contribution is 2.40. The fourth-order valence-corrected chi connectivity index (χ4v) is 3.55. The van der Waals surface area contributed by atoms with E-state index in [9.17, 15) is 17.6 Å². The fourth-order valence-electron chi connectivity index (χ4n) is 2.85. The van der Waals surface area contributed by atoms with Crippen molar-refractivity contribution >= 4 is 56.2 Å². The molecule has 0 saturated carbocycles. The molecule has 0 radical (unpaired) electrons. The second-order valence-electron chi connectivity index (χ2n) is 5.70. The van der Waals surface area contributed by atoms with Crippen LogP contribution in [0.5, 0.6) is 0 Å². The van der Waals surface area contributed by atoms with Gasteiger partial charge in [-0.05, 0) is 36.4 Å². The largest absolute Gasteiger partial charge is 0.451 e. The number of para-hydroxylation sites is 2. The third-order valence-corrected chi connectivity index (χ3v) is 5.17. The number of halogens is 5. The number of benzene rings is 3. The van der Waals surface area contributed by atoms with E-state index >= 15 is 0 Å². The Morgan fingerprint density at radius 3 is 2.08 bits per heavy atom. The standard InChI is InChI=1S/C19H10F4INO/c20-15-5-1-3-13-14-4-2-6-16(18(14)26-17(13)15)25(24)12-9-7-11(8-10-12)19(21,22)23/h1-10H. The topological polar surface area (TPSA) is 16.4 Å². The average Bonchev–Trinajstić information content (AvgIpc) is 3.01. The van der Waals surface area contributed by atoms with Crippen LogP contribution in [0.2, 0.25) is 0 Å². The van der Waals surface area contributed by atoms with Gasteiger partial charge in [0, 0.05) is 10.8 Å². The monoisotopic (exact) mass is 471 g/mol. The number of fused-ring (bicyclic) bond motifs is 3. The van der Waals surface area contributed by atoms with E-state index in [2.05, 4.69) is 0 Å². The third-order valence-electron chi connectivity index (χ3n) is 4.09. The summed E-state index contributed by atoms with van der Waals surface area (Å²) in [4.78, 5) is 0. The molecule has 0 saturated heterocycles. The molecule has 0 spiro atoms. The normalized spacial score (nSPS) is 12.0. The molecule has 0 N–H and O–H groups in total. The first-order chi connectivity index (χ1) is 12.4. The van der Waals surface area contributed by atoms with E-state index in [1.807, 2.05) is 28.9 Å². The molecule has 3 aromatic carbocycles. The van der Waals surface area contributed by atoms with Crippen LogP contribution in [-0.2, 0) is 6.18 Å². The predicted octanol–water partition coefficient (Wildman–Crippen LogP) is 7.23. The molecule has 4 aromatic rings. The molecule has 0 aliphatic carbocycles. The molecule has 2 nitrogen and oxygen atoms in total. The maximum absolute atomic E-state index is 14.0. The lowest BCUT2D eigenvalue weighted by Crippen LogP contribution is -2.06. The van der Waals surface area contributed by atoms with E-state index in [-0.39, 0.29) is 5.58 Å². The average molecular weight is 471 g/mol. The van der Waals surface area contributed by atoms with Crippen molar-refractivity contribution in [3.8, 4) is 0 Å². The van der Waals surface area contributed by atoms with Crippen LogP contribution in [-0.4, -0.2) is 0 Å². The number of alkyl halides is 3. The SMILES string of the molecule is Fc1cccc2c1oc1c(N(I)c3ccc(C(F)(F)F)cc3)cccc12. The quantitative estimate of drug-likeness (QED) is 0.174. The lowest BCUT2D eigenvalue weighted by atomic mass is 10.1. The summed E-state index contributed by atoms with van der Waals surface area (Å²) in [5.41, 5.74) is 1.09. The Bertz CT molecular complexity index is 1100. The van der Waals surface area contributed by atoms with Crippen LogP contribution in [0.3, 0.4) is 0 Å². The lowest BCUT2D eigenvalue weighted by molar-refractivity contribution is -0.137. The van der Waals surface area contributed by atoms with Crippen molar-refractivity contribution in [2.24, 2.45) is 0 Å². The van der Waals surface area contributed by atoms with E-state index in [0.29, 0.717) is 22.3 Å². The maximum Gasteiger partial charge on any atom is 0.416 e. The molecule has 0 aliphatic heterocycles. The summed E-state index contributed by atoms with van der Waals surface area (Å²) in [5, 5.41) is 1.39. The van der Waals surface area contributed by atoms with Crippen LogP contribution in [0, 0.1) is 5.82 Å². The second-order valence-corrected chi connectivity index (χ2v) is 6.66. The van der Waals surface area contributed by atoms with Crippen molar-refractivity contribution in [1.82, 2.24) is 0 Å². The summed E-state index contributed by atoms with van der Waals surface area (Å²) in [6.07, 6.45) is -4.38. The Morgan fingerprint density at radius 2 is 1.42 bits per heavy atom. The van der Waals surface area contributed by atoms with Gasteiger partial charge in [-0.15, -0.1) is 0 Å². The molecule has 132 valence electrons. The smallest absolute Gasteiger partial charge is 0.416 e. The van der Waals surface area contributed by atoms with Crippen molar-refractivity contribution in [3.63, 3.8) is 0 Å². The van der Waals surface area contributed by atoms with E-state index in [0.717, 1.165) is 17.5 Å². The van der Waals surface area contributed by atoms with Gasteiger partial charge in [-0.2, -0.15) is 13.2 Å². The zero-order valence-electron chi connectivity index (χ0n) is 13.0. The molecule has 0 unspecified atom stereocenters. The number of rotatable bonds is 2. The number of anilines is 2. The van der Waals surface area contributed by atoms with Crippen LogP contribution < -0.4 is 3.11 Å². The third kappa shape index (κ3) is 2.80. The van der Waals surface area contributed by atoms with Gasteiger partial charge in [0.25, 0.3) is 0 Å². The van der Waals surface area contributed by atoms with Crippen molar-refractivity contribution in [2.45, 2.75) is 6.18 Å². The summed E-state index contributed by atoms with van der Waals surface area (Å²) in [6.45, 7) is 0. The zero-order chi connectivity index (χ0) is 18.5. The van der Waals surface area contributed by atoms with E-state index < -0.39 is 17.6 Å². The molecule has 7 heteroatoms. The van der Waals surface area contributed by atoms with Gasteiger partial charge in [-0.3, -0.25) is 3.11 Å². The van der Waals surface area contributed by atoms with E-state index in [1.165, 1.54) is 18.2 Å². The lowest BCUT2D eigenvalue weighted by Gasteiger charge is -2.17. The van der Waals surface area contributed by atoms with Crippen molar-refractivity contribution < 1.29 is 22.0 Å². The summed E-state index contributed by atoms with van der Waals surface area (Å²) < 4.78 is 59.7. The number of furan rings is 1. The Morgan fingerprint density at radius 1 is 0.808 bits per heavy atom. The van der Waals surface area contributed by atoms with Crippen molar-refractivity contribution in [1.29, 1.82) is 0 Å². The number of hydrogen-bond acceptors (Lipinski definition) is 2. The number of hydrogen-bond donors (Lipinski definition) is 0. The first-order valence-electron chi connectivity index (χ1n) is 7.59. The molecule has 1 aromatic heterocycles. The molecular formula is C19H10F4INO. The minimum absolute atomic E-state index is 0.159. The van der Waals surface area contributed by atoms with Crippen LogP contribution in [0.4, 0.5) is 28.9 Å². The van der Waals surface area contributed by atoms with Crippen molar-refractivity contribution in [2.75, 3.05) is 3.11 Å². The molecule has 4 rings (SSSR count). The van der Waals surface area contributed by atoms with Gasteiger partial charge in [-0.25, -0.2) is 4.39 Å². The second kappa shape index (κ2) is 6.15. The summed E-state index contributed by atoms with van der Waals surface area (Å²) in [6, 6.07) is 14.9. The van der Waals surface area contributed by atoms with Crippen LogP contribution in [0.1, 0.15) is 5.56 Å². The van der Waals surface area contributed by atoms with Crippen LogP contribution >= 0.6 is 22.9 Å². The summed E-state index contributed by atoms with van der Waals surface area (Å²) in [7, 11) is 0. The van der Waals surface area contributed by atoms with Gasteiger partial charge < -0.3 is 4.42 Å².